The van der Waals surface area contributed by atoms with Crippen LogP contribution in [-0.2, 0) is 15.8 Å². The van der Waals surface area contributed by atoms with E-state index in [1.807, 2.05) is 6.07 Å². The summed E-state index contributed by atoms with van der Waals surface area (Å²) in [7, 11) is 1.29. The number of hydrogen-bond acceptors (Lipinski definition) is 5. The number of nitrogens with two attached hydrogens (primary N) is 1. The second-order valence-electron chi connectivity index (χ2n) is 9.56. The molecule has 0 spiro atoms. The van der Waals surface area contributed by atoms with E-state index in [-0.39, 0.29) is 17.2 Å². The predicted octanol–water partition coefficient (Wildman–Crippen LogP) is 3.76. The second kappa shape index (κ2) is 14.0. The summed E-state index contributed by atoms with van der Waals surface area (Å²) in [6.07, 6.45) is 2.30. The number of benzene rings is 2. The molecule has 0 bridgehead atoms. The fraction of sp³-hybridized carbons (Fsp3) is 0.464. The minimum absolute atomic E-state index is 0.0282. The van der Waals surface area contributed by atoms with Gasteiger partial charge < -0.3 is 20.7 Å². The summed E-state index contributed by atoms with van der Waals surface area (Å²) < 4.78 is 43.6. The summed E-state index contributed by atoms with van der Waals surface area (Å²) >= 11 is 0. The van der Waals surface area contributed by atoms with Crippen molar-refractivity contribution in [2.45, 2.75) is 50.4 Å². The highest BCUT2D eigenvalue weighted by Crippen LogP contribution is 2.33. The van der Waals surface area contributed by atoms with Gasteiger partial charge in [0.25, 0.3) is 5.91 Å². The molecule has 1 aliphatic carbocycles. The normalized spacial score (nSPS) is 17.4. The van der Waals surface area contributed by atoms with Gasteiger partial charge in [-0.3, -0.25) is 19.3 Å². The smallest absolute Gasteiger partial charge is 0.416 e. The maximum Gasteiger partial charge on any atom is 0.416 e. The Morgan fingerprint density at radius 3 is 2.21 bits per heavy atom. The lowest BCUT2D eigenvalue weighted by atomic mass is 9.94. The van der Waals surface area contributed by atoms with Crippen LogP contribution in [0.15, 0.2) is 48.5 Å². The number of alkyl halides is 3. The van der Waals surface area contributed by atoms with Gasteiger partial charge in [-0.1, -0.05) is 49.6 Å². The molecule has 8 nitrogen and oxygen atoms in total. The molecule has 1 unspecified atom stereocenters. The third-order valence-electron chi connectivity index (χ3n) is 7.10. The number of carbonyl (C=O) groups is 3. The van der Waals surface area contributed by atoms with Crippen LogP contribution in [-0.4, -0.2) is 67.4 Å². The standard InChI is InChI=1S/C19H25F3N2O2.C9H10N2O2/c1-26-17-13-14(19(20,21)22)7-8-16(17)18(25)24-11-9-23(10-12-24)15-5-3-2-4-6-15;10-9(13)8(11-6-12)7-4-2-1-3-5-7/h7-8,13,15H,2-6,9-12H2,1H3;1-6,8H,(H2,10,13)(H,11,12). The summed E-state index contributed by atoms with van der Waals surface area (Å²) in [5.74, 6) is -0.864. The van der Waals surface area contributed by atoms with Crippen molar-refractivity contribution in [1.29, 1.82) is 0 Å². The Morgan fingerprint density at radius 2 is 1.67 bits per heavy atom. The molecule has 2 aromatic carbocycles. The third kappa shape index (κ3) is 8.19. The Morgan fingerprint density at radius 1 is 1.03 bits per heavy atom. The Hall–Kier alpha value is -3.60. The van der Waals surface area contributed by atoms with E-state index in [2.05, 4.69) is 10.2 Å². The molecule has 3 N–H and O–H groups in total. The number of ether oxygens (including phenoxy) is 1. The zero-order chi connectivity index (χ0) is 28.4. The van der Waals surface area contributed by atoms with Crippen LogP contribution in [0.25, 0.3) is 0 Å². The van der Waals surface area contributed by atoms with Crippen LogP contribution >= 0.6 is 0 Å². The quantitative estimate of drug-likeness (QED) is 0.513. The van der Waals surface area contributed by atoms with Gasteiger partial charge in [-0.15, -0.1) is 0 Å². The number of rotatable bonds is 7. The first-order valence-corrected chi connectivity index (χ1v) is 13.0. The summed E-state index contributed by atoms with van der Waals surface area (Å²) in [5.41, 5.74) is 5.15. The van der Waals surface area contributed by atoms with Gasteiger partial charge in [0, 0.05) is 32.2 Å². The molecule has 1 saturated carbocycles. The van der Waals surface area contributed by atoms with Crippen LogP contribution in [0.5, 0.6) is 5.75 Å². The Kier molecular flexibility index (Phi) is 10.7. The van der Waals surface area contributed by atoms with Gasteiger partial charge in [0.2, 0.25) is 12.3 Å². The largest absolute Gasteiger partial charge is 0.496 e. The number of nitrogens with one attached hydrogen (secondary N) is 1. The summed E-state index contributed by atoms with van der Waals surface area (Å²) in [6.45, 7) is 2.83. The zero-order valence-electron chi connectivity index (χ0n) is 22.0. The Labute approximate surface area is 226 Å². The SMILES string of the molecule is COc1cc(C(F)(F)F)ccc1C(=O)N1CCN(C2CCCCC2)CC1.NC(=O)C(NC=O)c1ccccc1. The lowest BCUT2D eigenvalue weighted by Gasteiger charge is -2.40. The highest BCUT2D eigenvalue weighted by atomic mass is 19.4. The molecular weight excluding hydrogens is 513 g/mol. The number of hydrogen-bond donors (Lipinski definition) is 2. The molecule has 39 heavy (non-hydrogen) atoms. The van der Waals surface area contributed by atoms with Crippen LogP contribution in [0.1, 0.15) is 59.6 Å². The molecule has 2 fully saturated rings. The van der Waals surface area contributed by atoms with E-state index in [4.69, 9.17) is 10.5 Å². The van der Waals surface area contributed by atoms with Crippen molar-refractivity contribution in [3.63, 3.8) is 0 Å². The molecule has 0 radical (unpaired) electrons. The van der Waals surface area contributed by atoms with Crippen LogP contribution < -0.4 is 15.8 Å². The highest BCUT2D eigenvalue weighted by molar-refractivity contribution is 5.97. The van der Waals surface area contributed by atoms with Crippen molar-refractivity contribution in [3.8, 4) is 5.75 Å². The summed E-state index contributed by atoms with van der Waals surface area (Å²) in [4.78, 5) is 38.0. The molecule has 1 saturated heterocycles. The van der Waals surface area contributed by atoms with E-state index >= 15 is 0 Å². The van der Waals surface area contributed by atoms with Gasteiger partial charge in [-0.25, -0.2) is 0 Å². The minimum Gasteiger partial charge on any atom is -0.496 e. The van der Waals surface area contributed by atoms with Crippen molar-refractivity contribution >= 4 is 18.2 Å². The zero-order valence-corrected chi connectivity index (χ0v) is 22.0. The first kappa shape index (κ1) is 29.9. The fourth-order valence-corrected chi connectivity index (χ4v) is 5.01. The molecule has 212 valence electrons. The Bertz CT molecular complexity index is 1100. The molecule has 1 aliphatic heterocycles. The summed E-state index contributed by atoms with van der Waals surface area (Å²) in [5, 5.41) is 2.34. The maximum absolute atomic E-state index is 12.9. The maximum atomic E-state index is 12.9. The average molecular weight is 549 g/mol. The monoisotopic (exact) mass is 548 g/mol. The molecule has 0 aromatic heterocycles. The molecular formula is C28H35F3N4O4. The van der Waals surface area contributed by atoms with Crippen LogP contribution in [0, 0.1) is 0 Å². The lowest BCUT2D eigenvalue weighted by Crippen LogP contribution is -2.52. The van der Waals surface area contributed by atoms with E-state index < -0.39 is 23.7 Å². The highest BCUT2D eigenvalue weighted by Gasteiger charge is 2.33. The van der Waals surface area contributed by atoms with Gasteiger partial charge >= 0.3 is 6.18 Å². The first-order chi connectivity index (χ1) is 18.7. The van der Waals surface area contributed by atoms with E-state index in [1.54, 1.807) is 29.2 Å². The van der Waals surface area contributed by atoms with Gasteiger partial charge in [0.15, 0.2) is 0 Å². The first-order valence-electron chi connectivity index (χ1n) is 13.0. The van der Waals surface area contributed by atoms with Gasteiger partial charge in [-0.05, 0) is 36.6 Å². The number of piperazine rings is 1. The molecule has 3 amide bonds. The van der Waals surface area contributed by atoms with Gasteiger partial charge in [-0.2, -0.15) is 13.2 Å². The van der Waals surface area contributed by atoms with Gasteiger partial charge in [0.1, 0.15) is 11.8 Å². The molecule has 4 rings (SSSR count). The molecule has 2 aliphatic rings. The fourth-order valence-electron chi connectivity index (χ4n) is 5.01. The van der Waals surface area contributed by atoms with Crippen molar-refractivity contribution in [2.75, 3.05) is 33.3 Å². The van der Waals surface area contributed by atoms with E-state index in [0.717, 1.165) is 25.2 Å². The molecule has 2 aromatic rings. The lowest BCUT2D eigenvalue weighted by molar-refractivity contribution is -0.137. The number of halogens is 3. The average Bonchev–Trinajstić information content (AvgIpc) is 2.96. The predicted molar refractivity (Wildman–Crippen MR) is 140 cm³/mol. The van der Waals surface area contributed by atoms with Crippen LogP contribution in [0.3, 0.4) is 0 Å². The number of primary amides is 1. The molecule has 1 heterocycles. The topological polar surface area (TPSA) is 105 Å². The van der Waals surface area contributed by atoms with E-state index in [1.165, 1.54) is 45.3 Å². The Balaban J connectivity index is 0.000000272. The summed E-state index contributed by atoms with van der Waals surface area (Å²) in [6, 6.07) is 11.8. The molecule has 11 heteroatoms. The van der Waals surface area contributed by atoms with Crippen LogP contribution in [0.4, 0.5) is 13.2 Å². The number of methoxy groups -OCH3 is 1. The number of carbonyl (C=O) groups excluding carboxylic acids is 3. The van der Waals surface area contributed by atoms with E-state index in [9.17, 15) is 27.6 Å². The second-order valence-corrected chi connectivity index (χ2v) is 9.56. The van der Waals surface area contributed by atoms with Crippen LogP contribution in [0.2, 0.25) is 0 Å². The van der Waals surface area contributed by atoms with Crippen molar-refractivity contribution < 1.29 is 32.3 Å². The van der Waals surface area contributed by atoms with E-state index in [0.29, 0.717) is 31.1 Å². The van der Waals surface area contributed by atoms with Crippen molar-refractivity contribution in [3.05, 3.63) is 65.2 Å². The number of nitrogens with zero attached hydrogens (tertiary/aromatic N) is 2. The van der Waals surface area contributed by atoms with Crippen molar-refractivity contribution in [2.24, 2.45) is 5.73 Å². The third-order valence-corrected chi connectivity index (χ3v) is 7.10. The number of amides is 3. The van der Waals surface area contributed by atoms with Gasteiger partial charge in [0.05, 0.1) is 18.2 Å². The molecule has 1 atom stereocenters. The minimum atomic E-state index is -4.46. The van der Waals surface area contributed by atoms with Crippen molar-refractivity contribution in [1.82, 2.24) is 15.1 Å².